The zero-order valence-corrected chi connectivity index (χ0v) is 12.7. The molecule has 0 amide bonds. The van der Waals surface area contributed by atoms with Gasteiger partial charge >= 0.3 is 0 Å². The van der Waals surface area contributed by atoms with E-state index in [2.05, 4.69) is 47.6 Å². The molecule has 4 heteroatoms. The van der Waals surface area contributed by atoms with Crippen LogP contribution >= 0.6 is 0 Å². The predicted octanol–water partition coefficient (Wildman–Crippen LogP) is 3.69. The molecule has 0 bridgehead atoms. The third kappa shape index (κ3) is 2.37. The molecular weight excluding hydrogens is 260 g/mol. The van der Waals surface area contributed by atoms with Gasteiger partial charge in [-0.15, -0.1) is 5.10 Å². The molecule has 4 nitrogen and oxygen atoms in total. The molecule has 0 N–H and O–H groups in total. The molecule has 1 aromatic heterocycles. The Bertz CT molecular complexity index is 590. The molecular formula is C17H22N4. The number of nitrogens with zero attached hydrogens (tertiary/aromatic N) is 4. The van der Waals surface area contributed by atoms with Gasteiger partial charge in [0.1, 0.15) is 6.33 Å². The van der Waals surface area contributed by atoms with Gasteiger partial charge in [-0.05, 0) is 70.9 Å². The van der Waals surface area contributed by atoms with E-state index in [4.69, 9.17) is 0 Å². The summed E-state index contributed by atoms with van der Waals surface area (Å²) in [4.78, 5) is 0. The zero-order chi connectivity index (χ0) is 14.4. The summed E-state index contributed by atoms with van der Waals surface area (Å²) < 4.78 is 1.88. The van der Waals surface area contributed by atoms with E-state index in [-0.39, 0.29) is 0 Å². The lowest BCUT2D eigenvalue weighted by Crippen LogP contribution is -2.11. The normalized spacial score (nSPS) is 21.2. The molecule has 1 heterocycles. The summed E-state index contributed by atoms with van der Waals surface area (Å²) in [7, 11) is 0. The van der Waals surface area contributed by atoms with Crippen LogP contribution in [0.1, 0.15) is 62.5 Å². The van der Waals surface area contributed by atoms with Gasteiger partial charge in [0.05, 0.1) is 5.69 Å². The Morgan fingerprint density at radius 3 is 2.00 bits per heavy atom. The fourth-order valence-electron chi connectivity index (χ4n) is 3.54. The van der Waals surface area contributed by atoms with Crippen molar-refractivity contribution in [3.63, 3.8) is 0 Å². The maximum atomic E-state index is 4.19. The van der Waals surface area contributed by atoms with Gasteiger partial charge in [0.15, 0.2) is 0 Å². The molecule has 21 heavy (non-hydrogen) atoms. The number of aromatic nitrogens is 4. The number of hydrogen-bond donors (Lipinski definition) is 0. The molecule has 2 fully saturated rings. The van der Waals surface area contributed by atoms with Crippen molar-refractivity contribution in [2.75, 3.05) is 0 Å². The van der Waals surface area contributed by atoms with E-state index in [1.54, 1.807) is 6.33 Å². The molecule has 2 aromatic rings. The van der Waals surface area contributed by atoms with Gasteiger partial charge in [-0.1, -0.05) is 32.0 Å². The summed E-state index contributed by atoms with van der Waals surface area (Å²) in [6.45, 7) is 4.71. The monoisotopic (exact) mass is 282 g/mol. The van der Waals surface area contributed by atoms with Crippen molar-refractivity contribution in [3.8, 4) is 5.69 Å². The van der Waals surface area contributed by atoms with Crippen molar-refractivity contribution >= 4 is 0 Å². The lowest BCUT2D eigenvalue weighted by molar-refractivity contribution is 0.626. The zero-order valence-electron chi connectivity index (χ0n) is 12.7. The van der Waals surface area contributed by atoms with Gasteiger partial charge in [-0.2, -0.15) is 4.68 Å². The molecule has 2 atom stereocenters. The highest BCUT2D eigenvalue weighted by molar-refractivity contribution is 5.51. The Hall–Kier alpha value is -1.71. The average molecular weight is 282 g/mol. The lowest BCUT2D eigenvalue weighted by atomic mass is 9.87. The van der Waals surface area contributed by atoms with E-state index in [0.717, 1.165) is 11.8 Å². The first kappa shape index (κ1) is 13.0. The third-order valence-electron chi connectivity index (χ3n) is 5.32. The van der Waals surface area contributed by atoms with E-state index in [1.807, 2.05) is 4.68 Å². The standard InChI is InChI=1S/C17H22N4/c1-11(13-6-7-13)15-4-3-5-16(12(2)14-8-9-14)17(15)21-10-18-19-20-21/h3-5,10-14H,6-9H2,1-2H3. The van der Waals surface area contributed by atoms with Crippen molar-refractivity contribution in [2.24, 2.45) is 11.8 Å². The Kier molecular flexibility index (Phi) is 3.05. The van der Waals surface area contributed by atoms with Gasteiger partial charge in [0, 0.05) is 0 Å². The van der Waals surface area contributed by atoms with Crippen molar-refractivity contribution < 1.29 is 0 Å². The molecule has 2 aliphatic carbocycles. The quantitative estimate of drug-likeness (QED) is 0.840. The predicted molar refractivity (Wildman–Crippen MR) is 81.4 cm³/mol. The summed E-state index contributed by atoms with van der Waals surface area (Å²) in [6.07, 6.45) is 7.18. The van der Waals surface area contributed by atoms with Crippen LogP contribution in [0.25, 0.3) is 5.69 Å². The van der Waals surface area contributed by atoms with E-state index in [0.29, 0.717) is 11.8 Å². The lowest BCUT2D eigenvalue weighted by Gasteiger charge is -2.22. The summed E-state index contributed by atoms with van der Waals surface area (Å²) in [5.41, 5.74) is 4.06. The summed E-state index contributed by atoms with van der Waals surface area (Å²) in [6, 6.07) is 6.75. The van der Waals surface area contributed by atoms with Crippen molar-refractivity contribution in [1.82, 2.24) is 20.2 Å². The number of hydrogen-bond acceptors (Lipinski definition) is 3. The molecule has 0 spiro atoms. The van der Waals surface area contributed by atoms with Crippen molar-refractivity contribution in [1.29, 1.82) is 0 Å². The smallest absolute Gasteiger partial charge is 0.143 e. The first-order chi connectivity index (χ1) is 10.3. The van der Waals surface area contributed by atoms with Gasteiger partial charge in [-0.3, -0.25) is 0 Å². The second kappa shape index (κ2) is 4.93. The Labute approximate surface area is 125 Å². The fourth-order valence-corrected chi connectivity index (χ4v) is 3.54. The molecule has 110 valence electrons. The van der Waals surface area contributed by atoms with Gasteiger partial charge in [0.2, 0.25) is 0 Å². The van der Waals surface area contributed by atoms with E-state index in [9.17, 15) is 0 Å². The van der Waals surface area contributed by atoms with Crippen LogP contribution in [-0.4, -0.2) is 20.2 Å². The molecule has 2 aliphatic rings. The maximum absolute atomic E-state index is 4.19. The second-order valence-corrected chi connectivity index (χ2v) is 6.79. The Morgan fingerprint density at radius 1 is 1.00 bits per heavy atom. The van der Waals surface area contributed by atoms with Gasteiger partial charge < -0.3 is 0 Å². The first-order valence-electron chi connectivity index (χ1n) is 8.12. The highest BCUT2D eigenvalue weighted by Gasteiger charge is 2.34. The molecule has 0 aliphatic heterocycles. The number of tetrazole rings is 1. The highest BCUT2D eigenvalue weighted by Crippen LogP contribution is 2.48. The number of para-hydroxylation sites is 1. The fraction of sp³-hybridized carbons (Fsp3) is 0.588. The topological polar surface area (TPSA) is 43.6 Å². The number of rotatable bonds is 5. The third-order valence-corrected chi connectivity index (χ3v) is 5.32. The van der Waals surface area contributed by atoms with Gasteiger partial charge in [-0.25, -0.2) is 0 Å². The van der Waals surface area contributed by atoms with Crippen LogP contribution in [0.3, 0.4) is 0 Å². The number of benzene rings is 1. The molecule has 4 rings (SSSR count). The molecule has 2 unspecified atom stereocenters. The first-order valence-corrected chi connectivity index (χ1v) is 8.12. The molecule has 0 saturated heterocycles. The largest absolute Gasteiger partial charge is 0.200 e. The molecule has 0 radical (unpaired) electrons. The van der Waals surface area contributed by atoms with E-state index < -0.39 is 0 Å². The molecule has 1 aromatic carbocycles. The van der Waals surface area contributed by atoms with Gasteiger partial charge in [0.25, 0.3) is 0 Å². The minimum Gasteiger partial charge on any atom is -0.200 e. The maximum Gasteiger partial charge on any atom is 0.143 e. The van der Waals surface area contributed by atoms with Crippen LogP contribution in [0.2, 0.25) is 0 Å². The van der Waals surface area contributed by atoms with Crippen LogP contribution in [0, 0.1) is 11.8 Å². The van der Waals surface area contributed by atoms with Crippen LogP contribution in [0.5, 0.6) is 0 Å². The Balaban J connectivity index is 1.84. The summed E-state index contributed by atoms with van der Waals surface area (Å²) in [5, 5.41) is 11.9. The van der Waals surface area contributed by atoms with Crippen LogP contribution in [0.15, 0.2) is 24.5 Å². The second-order valence-electron chi connectivity index (χ2n) is 6.79. The highest BCUT2D eigenvalue weighted by atomic mass is 15.5. The summed E-state index contributed by atoms with van der Waals surface area (Å²) >= 11 is 0. The van der Waals surface area contributed by atoms with Crippen LogP contribution < -0.4 is 0 Å². The van der Waals surface area contributed by atoms with Crippen LogP contribution in [-0.2, 0) is 0 Å². The Morgan fingerprint density at radius 2 is 1.57 bits per heavy atom. The van der Waals surface area contributed by atoms with E-state index in [1.165, 1.54) is 42.5 Å². The van der Waals surface area contributed by atoms with Crippen molar-refractivity contribution in [2.45, 2.75) is 51.4 Å². The van der Waals surface area contributed by atoms with Crippen LogP contribution in [0.4, 0.5) is 0 Å². The SMILES string of the molecule is CC(c1cccc(C(C)C2CC2)c1-n1cnnn1)C1CC1. The molecule has 2 saturated carbocycles. The summed E-state index contributed by atoms with van der Waals surface area (Å²) in [5.74, 6) is 2.87. The average Bonchev–Trinajstić information content (AvgIpc) is 3.43. The minimum absolute atomic E-state index is 0.593. The van der Waals surface area contributed by atoms with Crippen molar-refractivity contribution in [3.05, 3.63) is 35.7 Å². The van der Waals surface area contributed by atoms with E-state index >= 15 is 0 Å². The minimum atomic E-state index is 0.593.